The zero-order chi connectivity index (χ0) is 14.8. The summed E-state index contributed by atoms with van der Waals surface area (Å²) in [6.45, 7) is 1.48. The fourth-order valence-corrected chi connectivity index (χ4v) is 3.77. The molecule has 0 N–H and O–H groups in total. The van der Waals surface area contributed by atoms with Crippen LogP contribution in [0.5, 0.6) is 5.75 Å². The molecule has 1 aromatic heterocycles. The maximum absolute atomic E-state index is 12.6. The van der Waals surface area contributed by atoms with Gasteiger partial charge < -0.3 is 4.74 Å². The lowest BCUT2D eigenvalue weighted by Crippen LogP contribution is -2.36. The van der Waals surface area contributed by atoms with E-state index in [2.05, 4.69) is 11.0 Å². The molecule has 2 heterocycles. The summed E-state index contributed by atoms with van der Waals surface area (Å²) in [5.41, 5.74) is 1.20. The fraction of sp³-hybridized carbons (Fsp3) is 0.333. The number of hydrogen-bond acceptors (Lipinski definition) is 3. The molecule has 0 saturated carbocycles. The molecule has 112 valence electrons. The number of rotatable bonds is 4. The van der Waals surface area contributed by atoms with Crippen molar-refractivity contribution < 1.29 is 9.13 Å². The SMILES string of the molecule is FCCN1Cc2ccsc2C(Oc2cccc(Cl)c2Cl)C1. The Labute approximate surface area is 137 Å². The molecule has 2 nitrogen and oxygen atoms in total. The van der Waals surface area contributed by atoms with Crippen molar-refractivity contribution in [3.8, 4) is 5.75 Å². The van der Waals surface area contributed by atoms with Gasteiger partial charge in [0.05, 0.1) is 9.90 Å². The van der Waals surface area contributed by atoms with Gasteiger partial charge in [0.1, 0.15) is 23.6 Å². The van der Waals surface area contributed by atoms with Crippen LogP contribution in [0.4, 0.5) is 4.39 Å². The molecule has 0 radical (unpaired) electrons. The summed E-state index contributed by atoms with van der Waals surface area (Å²) in [5, 5.41) is 2.93. The van der Waals surface area contributed by atoms with E-state index in [-0.39, 0.29) is 12.8 Å². The van der Waals surface area contributed by atoms with Gasteiger partial charge in [-0.15, -0.1) is 11.3 Å². The van der Waals surface area contributed by atoms with Gasteiger partial charge in [0, 0.05) is 19.6 Å². The van der Waals surface area contributed by atoms with Crippen LogP contribution in [0.1, 0.15) is 16.5 Å². The highest BCUT2D eigenvalue weighted by Gasteiger charge is 2.28. The van der Waals surface area contributed by atoms with Crippen LogP contribution in [-0.4, -0.2) is 24.7 Å². The van der Waals surface area contributed by atoms with E-state index in [9.17, 15) is 4.39 Å². The molecule has 21 heavy (non-hydrogen) atoms. The number of benzene rings is 1. The minimum absolute atomic E-state index is 0.142. The second-order valence-corrected chi connectivity index (χ2v) is 6.63. The molecule has 0 aliphatic carbocycles. The quantitative estimate of drug-likeness (QED) is 0.776. The van der Waals surface area contributed by atoms with E-state index in [1.807, 2.05) is 5.38 Å². The molecule has 0 amide bonds. The maximum Gasteiger partial charge on any atom is 0.146 e. The van der Waals surface area contributed by atoms with Crippen LogP contribution < -0.4 is 4.74 Å². The molecule has 0 spiro atoms. The molecular formula is C15H14Cl2FNOS. The fourth-order valence-electron chi connectivity index (χ4n) is 2.49. The monoisotopic (exact) mass is 345 g/mol. The molecule has 6 heteroatoms. The van der Waals surface area contributed by atoms with E-state index in [1.165, 1.54) is 10.4 Å². The van der Waals surface area contributed by atoms with Gasteiger partial charge in [-0.05, 0) is 29.1 Å². The van der Waals surface area contributed by atoms with Gasteiger partial charge in [0.25, 0.3) is 0 Å². The van der Waals surface area contributed by atoms with Gasteiger partial charge in [-0.25, -0.2) is 4.39 Å². The van der Waals surface area contributed by atoms with Crippen molar-refractivity contribution in [1.29, 1.82) is 0 Å². The predicted molar refractivity (Wildman–Crippen MR) is 85.4 cm³/mol. The molecule has 0 bridgehead atoms. The second-order valence-electron chi connectivity index (χ2n) is 4.89. The highest BCUT2D eigenvalue weighted by molar-refractivity contribution is 7.10. The average molecular weight is 346 g/mol. The van der Waals surface area contributed by atoms with E-state index >= 15 is 0 Å². The Morgan fingerprint density at radius 2 is 2.19 bits per heavy atom. The first-order valence-electron chi connectivity index (χ1n) is 6.64. The third-order valence-corrected chi connectivity index (χ3v) is 5.33. The van der Waals surface area contributed by atoms with Crippen LogP contribution in [-0.2, 0) is 6.54 Å². The maximum atomic E-state index is 12.6. The highest BCUT2D eigenvalue weighted by atomic mass is 35.5. The van der Waals surface area contributed by atoms with E-state index < -0.39 is 0 Å². The molecule has 1 atom stereocenters. The first-order chi connectivity index (χ1) is 10.2. The number of thiophene rings is 1. The molecule has 1 aromatic carbocycles. The number of alkyl halides is 1. The molecule has 0 saturated heterocycles. The molecule has 1 aliphatic heterocycles. The van der Waals surface area contributed by atoms with Crippen LogP contribution in [0.25, 0.3) is 0 Å². The summed E-state index contributed by atoms with van der Waals surface area (Å²) in [7, 11) is 0. The summed E-state index contributed by atoms with van der Waals surface area (Å²) in [6.07, 6.45) is -0.142. The highest BCUT2D eigenvalue weighted by Crippen LogP contribution is 2.38. The third-order valence-electron chi connectivity index (χ3n) is 3.48. The van der Waals surface area contributed by atoms with Crippen molar-refractivity contribution in [3.63, 3.8) is 0 Å². The predicted octanol–water partition coefficient (Wildman–Crippen LogP) is 4.96. The molecular weight excluding hydrogens is 332 g/mol. The van der Waals surface area contributed by atoms with Crippen molar-refractivity contribution in [3.05, 3.63) is 50.1 Å². The first-order valence-corrected chi connectivity index (χ1v) is 8.28. The Hall–Kier alpha value is -0.810. The number of fused-ring (bicyclic) bond motifs is 1. The van der Waals surface area contributed by atoms with Crippen LogP contribution in [0.3, 0.4) is 0 Å². The van der Waals surface area contributed by atoms with E-state index in [1.54, 1.807) is 29.5 Å². The smallest absolute Gasteiger partial charge is 0.146 e. The Morgan fingerprint density at radius 3 is 3.00 bits per heavy atom. The zero-order valence-electron chi connectivity index (χ0n) is 11.2. The van der Waals surface area contributed by atoms with E-state index in [4.69, 9.17) is 27.9 Å². The Kier molecular flexibility index (Phi) is 4.69. The number of hydrogen-bond donors (Lipinski definition) is 0. The first kappa shape index (κ1) is 15.1. The standard InChI is InChI=1S/C15H14Cl2FNOS/c16-11-2-1-3-12(14(11)17)20-13-9-19(6-5-18)8-10-4-7-21-15(10)13/h1-4,7,13H,5-6,8-9H2. The van der Waals surface area contributed by atoms with Crippen molar-refractivity contribution in [2.45, 2.75) is 12.6 Å². The van der Waals surface area contributed by atoms with E-state index in [0.29, 0.717) is 28.9 Å². The number of nitrogens with zero attached hydrogens (tertiary/aromatic N) is 1. The normalized spacial score (nSPS) is 18.5. The third kappa shape index (κ3) is 3.19. The van der Waals surface area contributed by atoms with Gasteiger partial charge in [0.2, 0.25) is 0 Å². The van der Waals surface area contributed by atoms with Gasteiger partial charge in [0.15, 0.2) is 0 Å². The minimum Gasteiger partial charge on any atom is -0.482 e. The topological polar surface area (TPSA) is 12.5 Å². The number of ether oxygens (including phenoxy) is 1. The molecule has 1 unspecified atom stereocenters. The van der Waals surface area contributed by atoms with Crippen molar-refractivity contribution in [2.75, 3.05) is 19.8 Å². The Bertz CT molecular complexity index is 634. The van der Waals surface area contributed by atoms with Crippen molar-refractivity contribution in [1.82, 2.24) is 4.90 Å². The van der Waals surface area contributed by atoms with Crippen LogP contribution in [0, 0.1) is 0 Å². The molecule has 3 rings (SSSR count). The molecule has 0 fully saturated rings. The van der Waals surface area contributed by atoms with Gasteiger partial charge in [-0.1, -0.05) is 29.3 Å². The lowest BCUT2D eigenvalue weighted by Gasteiger charge is -2.32. The molecule has 1 aliphatic rings. The van der Waals surface area contributed by atoms with E-state index in [0.717, 1.165) is 6.54 Å². The lowest BCUT2D eigenvalue weighted by molar-refractivity contribution is 0.110. The largest absolute Gasteiger partial charge is 0.482 e. The second kappa shape index (κ2) is 6.53. The summed E-state index contributed by atoms with van der Waals surface area (Å²) >= 11 is 13.9. The minimum atomic E-state index is -0.357. The lowest BCUT2D eigenvalue weighted by atomic mass is 10.1. The summed E-state index contributed by atoms with van der Waals surface area (Å²) < 4.78 is 18.7. The summed E-state index contributed by atoms with van der Waals surface area (Å²) in [5.74, 6) is 0.565. The van der Waals surface area contributed by atoms with Gasteiger partial charge in [-0.3, -0.25) is 4.90 Å². The van der Waals surface area contributed by atoms with Gasteiger partial charge in [-0.2, -0.15) is 0 Å². The van der Waals surface area contributed by atoms with Crippen molar-refractivity contribution in [2.24, 2.45) is 0 Å². The summed E-state index contributed by atoms with van der Waals surface area (Å²) in [4.78, 5) is 3.24. The van der Waals surface area contributed by atoms with Crippen LogP contribution in [0.2, 0.25) is 10.0 Å². The zero-order valence-corrected chi connectivity index (χ0v) is 13.5. The van der Waals surface area contributed by atoms with Crippen LogP contribution >= 0.6 is 34.5 Å². The Morgan fingerprint density at radius 1 is 1.33 bits per heavy atom. The average Bonchev–Trinajstić information content (AvgIpc) is 2.93. The summed E-state index contributed by atoms with van der Waals surface area (Å²) in [6, 6.07) is 7.40. The van der Waals surface area contributed by atoms with Crippen LogP contribution in [0.15, 0.2) is 29.6 Å². The van der Waals surface area contributed by atoms with Crippen molar-refractivity contribution >= 4 is 34.5 Å². The molecule has 2 aromatic rings. The number of halogens is 3. The van der Waals surface area contributed by atoms with Gasteiger partial charge >= 0.3 is 0 Å². The Balaban J connectivity index is 1.86.